The highest BCUT2D eigenvalue weighted by molar-refractivity contribution is 8.03. The molecule has 0 heterocycles. The van der Waals surface area contributed by atoms with Gasteiger partial charge in [-0.1, -0.05) is 17.8 Å². The average molecular weight is 243 g/mol. The molecule has 0 aliphatic rings. The van der Waals surface area contributed by atoms with Crippen molar-refractivity contribution in [3.8, 4) is 0 Å². The average Bonchev–Trinajstić information content (AvgIpc) is 2.25. The molecule has 0 saturated carbocycles. The smallest absolute Gasteiger partial charge is 0.354 e. The third kappa shape index (κ3) is 3.14. The summed E-state index contributed by atoms with van der Waals surface area (Å²) in [5.41, 5.74) is 7.03. The summed E-state index contributed by atoms with van der Waals surface area (Å²) in [6, 6.07) is 5.64. The number of aliphatic carboxylic acids is 1. The predicted molar refractivity (Wildman–Crippen MR) is 58.4 cm³/mol. The van der Waals surface area contributed by atoms with Crippen LogP contribution in [0.25, 0.3) is 0 Å². The molecule has 16 heavy (non-hydrogen) atoms. The van der Waals surface area contributed by atoms with Gasteiger partial charge in [0.25, 0.3) is 0 Å². The quantitative estimate of drug-likeness (QED) is 0.267. The van der Waals surface area contributed by atoms with E-state index in [-0.39, 0.29) is 5.03 Å². The SMILES string of the molecule is NN/C(Sc1cccc(F)c1)=C(\N)C(=O)O. The lowest BCUT2D eigenvalue weighted by molar-refractivity contribution is -0.132. The standard InChI is InChI=1S/C9H10FN3O2S/c10-5-2-1-3-6(4-5)16-8(13-12)7(11)9(14)15/h1-4,13H,11-12H2,(H,14,15)/b8-7+. The first-order valence-corrected chi connectivity index (χ1v) is 4.99. The minimum absolute atomic E-state index is 0.0538. The lowest BCUT2D eigenvalue weighted by Gasteiger charge is -2.07. The van der Waals surface area contributed by atoms with E-state index < -0.39 is 17.5 Å². The van der Waals surface area contributed by atoms with Crippen LogP contribution in [0.3, 0.4) is 0 Å². The van der Waals surface area contributed by atoms with Gasteiger partial charge in [0.1, 0.15) is 16.5 Å². The number of hydrazine groups is 1. The Bertz CT molecular complexity index is 437. The number of nitrogens with two attached hydrogens (primary N) is 2. The number of thioether (sulfide) groups is 1. The number of carboxylic acids is 1. The van der Waals surface area contributed by atoms with E-state index in [2.05, 4.69) is 5.43 Å². The number of hydrogen-bond acceptors (Lipinski definition) is 5. The van der Waals surface area contributed by atoms with Gasteiger partial charge in [0.15, 0.2) is 0 Å². The maximum atomic E-state index is 12.9. The number of carboxylic acid groups (broad SMARTS) is 1. The first-order valence-electron chi connectivity index (χ1n) is 4.17. The van der Waals surface area contributed by atoms with Crippen LogP contribution in [0, 0.1) is 5.82 Å². The van der Waals surface area contributed by atoms with Crippen molar-refractivity contribution in [1.29, 1.82) is 0 Å². The first-order chi connectivity index (χ1) is 7.54. The number of rotatable bonds is 4. The zero-order valence-corrected chi connectivity index (χ0v) is 8.92. The van der Waals surface area contributed by atoms with Crippen molar-refractivity contribution in [2.75, 3.05) is 0 Å². The molecule has 0 aliphatic carbocycles. The van der Waals surface area contributed by atoms with Crippen molar-refractivity contribution in [3.63, 3.8) is 0 Å². The summed E-state index contributed by atoms with van der Waals surface area (Å²) in [7, 11) is 0. The Kier molecular flexibility index (Phi) is 4.15. The largest absolute Gasteiger partial charge is 0.477 e. The van der Waals surface area contributed by atoms with E-state index in [4.69, 9.17) is 16.7 Å². The number of halogens is 1. The van der Waals surface area contributed by atoms with Crippen LogP contribution in [0.15, 0.2) is 39.9 Å². The first kappa shape index (κ1) is 12.3. The maximum Gasteiger partial charge on any atom is 0.354 e. The number of benzene rings is 1. The summed E-state index contributed by atoms with van der Waals surface area (Å²) < 4.78 is 12.9. The molecule has 1 rings (SSSR count). The van der Waals surface area contributed by atoms with Crippen LogP contribution in [0.4, 0.5) is 4.39 Å². The summed E-state index contributed by atoms with van der Waals surface area (Å²) in [6.07, 6.45) is 0. The van der Waals surface area contributed by atoms with E-state index in [0.29, 0.717) is 4.90 Å². The third-order valence-corrected chi connectivity index (χ3v) is 2.65. The Labute approximate surface area is 95.3 Å². The summed E-state index contributed by atoms with van der Waals surface area (Å²) >= 11 is 0.937. The lowest BCUT2D eigenvalue weighted by atomic mass is 10.4. The van der Waals surface area contributed by atoms with Gasteiger partial charge in [0.2, 0.25) is 0 Å². The molecule has 0 aliphatic heterocycles. The van der Waals surface area contributed by atoms with Crippen LogP contribution in [0.5, 0.6) is 0 Å². The highest BCUT2D eigenvalue weighted by Gasteiger charge is 2.11. The van der Waals surface area contributed by atoms with Gasteiger partial charge in [-0.3, -0.25) is 0 Å². The normalized spacial score (nSPS) is 11.9. The molecule has 0 unspecified atom stereocenters. The zero-order chi connectivity index (χ0) is 12.1. The fraction of sp³-hybridized carbons (Fsp3) is 0. The molecule has 0 spiro atoms. The third-order valence-electron chi connectivity index (χ3n) is 1.62. The van der Waals surface area contributed by atoms with Gasteiger partial charge >= 0.3 is 5.97 Å². The molecule has 0 saturated heterocycles. The summed E-state index contributed by atoms with van der Waals surface area (Å²) in [6.45, 7) is 0. The Hall–Kier alpha value is -1.73. The molecular weight excluding hydrogens is 233 g/mol. The van der Waals surface area contributed by atoms with Gasteiger partial charge in [-0.15, -0.1) is 0 Å². The van der Waals surface area contributed by atoms with Crippen molar-refractivity contribution in [3.05, 3.63) is 40.8 Å². The molecular formula is C9H10FN3O2S. The topological polar surface area (TPSA) is 101 Å². The van der Waals surface area contributed by atoms with Gasteiger partial charge in [-0.05, 0) is 18.2 Å². The lowest BCUT2D eigenvalue weighted by Crippen LogP contribution is -2.26. The van der Waals surface area contributed by atoms with E-state index in [1.807, 2.05) is 0 Å². The minimum Gasteiger partial charge on any atom is -0.477 e. The number of nitrogens with one attached hydrogen (secondary N) is 1. The minimum atomic E-state index is -1.29. The van der Waals surface area contributed by atoms with E-state index in [1.165, 1.54) is 18.2 Å². The second-order valence-electron chi connectivity index (χ2n) is 2.75. The fourth-order valence-corrected chi connectivity index (χ4v) is 1.72. The van der Waals surface area contributed by atoms with E-state index >= 15 is 0 Å². The molecule has 6 N–H and O–H groups in total. The van der Waals surface area contributed by atoms with E-state index in [1.54, 1.807) is 6.07 Å². The molecule has 5 nitrogen and oxygen atoms in total. The van der Waals surface area contributed by atoms with Crippen LogP contribution in [0.1, 0.15) is 0 Å². The molecule has 86 valence electrons. The van der Waals surface area contributed by atoms with Gasteiger partial charge in [0, 0.05) is 4.90 Å². The maximum absolute atomic E-state index is 12.9. The number of hydrogen-bond donors (Lipinski definition) is 4. The molecule has 0 bridgehead atoms. The molecule has 0 fully saturated rings. The molecule has 7 heteroatoms. The van der Waals surface area contributed by atoms with Crippen LogP contribution in [-0.2, 0) is 4.79 Å². The zero-order valence-electron chi connectivity index (χ0n) is 8.11. The Morgan fingerprint density at radius 2 is 2.19 bits per heavy atom. The monoisotopic (exact) mass is 243 g/mol. The van der Waals surface area contributed by atoms with Crippen molar-refractivity contribution in [2.24, 2.45) is 11.6 Å². The van der Waals surface area contributed by atoms with Crippen molar-refractivity contribution in [2.45, 2.75) is 4.90 Å². The van der Waals surface area contributed by atoms with Crippen LogP contribution in [-0.4, -0.2) is 11.1 Å². The van der Waals surface area contributed by atoms with Crippen LogP contribution in [0.2, 0.25) is 0 Å². The molecule has 1 aromatic rings. The van der Waals surface area contributed by atoms with E-state index in [0.717, 1.165) is 11.8 Å². The van der Waals surface area contributed by atoms with Gasteiger partial charge in [-0.2, -0.15) is 0 Å². The van der Waals surface area contributed by atoms with Crippen molar-refractivity contribution >= 4 is 17.7 Å². The van der Waals surface area contributed by atoms with Gasteiger partial charge in [-0.25, -0.2) is 15.0 Å². The molecule has 1 aromatic carbocycles. The second kappa shape index (κ2) is 5.38. The highest BCUT2D eigenvalue weighted by atomic mass is 32.2. The highest BCUT2D eigenvalue weighted by Crippen LogP contribution is 2.25. The predicted octanol–water partition coefficient (Wildman–Crippen LogP) is 0.594. The molecule has 0 radical (unpaired) electrons. The Balaban J connectivity index is 2.94. The van der Waals surface area contributed by atoms with Gasteiger partial charge < -0.3 is 16.3 Å². The Morgan fingerprint density at radius 1 is 1.50 bits per heavy atom. The fourth-order valence-electron chi connectivity index (χ4n) is 0.908. The van der Waals surface area contributed by atoms with Crippen molar-refractivity contribution in [1.82, 2.24) is 5.43 Å². The second-order valence-corrected chi connectivity index (χ2v) is 3.84. The Morgan fingerprint density at radius 3 is 2.69 bits per heavy atom. The molecule has 0 atom stereocenters. The molecule has 0 aromatic heterocycles. The summed E-state index contributed by atoms with van der Waals surface area (Å²) in [4.78, 5) is 11.1. The van der Waals surface area contributed by atoms with Crippen molar-refractivity contribution < 1.29 is 14.3 Å². The summed E-state index contributed by atoms with van der Waals surface area (Å²) in [5.74, 6) is 3.42. The molecule has 0 amide bonds. The van der Waals surface area contributed by atoms with Crippen LogP contribution < -0.4 is 17.0 Å². The number of carbonyl (C=O) groups is 1. The van der Waals surface area contributed by atoms with E-state index in [9.17, 15) is 9.18 Å². The van der Waals surface area contributed by atoms with Crippen LogP contribution >= 0.6 is 11.8 Å². The van der Waals surface area contributed by atoms with Gasteiger partial charge in [0.05, 0.1) is 0 Å². The summed E-state index contributed by atoms with van der Waals surface area (Å²) in [5, 5.41) is 8.70.